The maximum Gasteiger partial charge on any atom is 0.280 e. The van der Waals surface area contributed by atoms with Crippen LogP contribution in [0.2, 0.25) is 0 Å². The number of ether oxygens (including phenoxy) is 1. The lowest BCUT2D eigenvalue weighted by molar-refractivity contribution is -0.319. The number of aliphatic hydroxyl groups is 2. The summed E-state index contributed by atoms with van der Waals surface area (Å²) in [6, 6.07) is 12.3. The molecule has 3 amide bonds. The van der Waals surface area contributed by atoms with E-state index in [2.05, 4.69) is 10.3 Å². The molecule has 1 aromatic heterocycles. The Morgan fingerprint density at radius 3 is 2.80 bits per heavy atom. The summed E-state index contributed by atoms with van der Waals surface area (Å²) in [5.74, 6) is -5.27. The zero-order valence-corrected chi connectivity index (χ0v) is 24.3. The van der Waals surface area contributed by atoms with Crippen LogP contribution in [0.1, 0.15) is 52.9 Å². The minimum Gasteiger partial charge on any atom is -0.374 e. The first-order valence-electron chi connectivity index (χ1n) is 16.8. The van der Waals surface area contributed by atoms with Gasteiger partial charge in [0.2, 0.25) is 17.5 Å². The number of likely N-dealkylation sites (tertiary alicyclic amines) is 1. The molecule has 4 saturated heterocycles. The highest BCUT2D eigenvalue weighted by Gasteiger charge is 2.71. The highest BCUT2D eigenvalue weighted by atomic mass is 16.7. The van der Waals surface area contributed by atoms with Gasteiger partial charge in [-0.15, -0.1) is 0 Å². The molecule has 0 radical (unpaired) electrons. The number of piperazine rings is 1. The topological polar surface area (TPSA) is 138 Å². The van der Waals surface area contributed by atoms with Crippen LogP contribution in [-0.4, -0.2) is 97.1 Å². The number of aromatic nitrogens is 1. The summed E-state index contributed by atoms with van der Waals surface area (Å²) in [7, 11) is 0. The Balaban J connectivity index is 1.11. The van der Waals surface area contributed by atoms with Crippen LogP contribution in [0.15, 0.2) is 54.7 Å². The Bertz CT molecular complexity index is 1780. The van der Waals surface area contributed by atoms with Crippen molar-refractivity contribution in [2.24, 2.45) is 5.92 Å². The third-order valence-electron chi connectivity index (χ3n) is 10.4. The van der Waals surface area contributed by atoms with Gasteiger partial charge in [-0.05, 0) is 62.3 Å². The second-order valence-electron chi connectivity index (χ2n) is 13.0. The van der Waals surface area contributed by atoms with Gasteiger partial charge < -0.3 is 30.3 Å². The number of nitrogens with one attached hydrogen (secondary N) is 2. The lowest BCUT2D eigenvalue weighted by Gasteiger charge is -2.49. The Morgan fingerprint density at radius 1 is 1.18 bits per heavy atom. The molecular formula is C33H37N5O6. The van der Waals surface area contributed by atoms with E-state index in [9.17, 15) is 24.6 Å². The molecule has 11 nitrogen and oxygen atoms in total. The Morgan fingerprint density at radius 2 is 2.00 bits per heavy atom. The van der Waals surface area contributed by atoms with Crippen molar-refractivity contribution >= 4 is 28.6 Å². The van der Waals surface area contributed by atoms with Crippen molar-refractivity contribution in [2.45, 2.75) is 80.9 Å². The fraction of sp³-hybridized carbons (Fsp3) is 0.485. The number of fused-ring (bicyclic) bond motifs is 5. The molecule has 4 fully saturated rings. The molecule has 4 N–H and O–H groups in total. The fourth-order valence-electron chi connectivity index (χ4n) is 8.43. The van der Waals surface area contributed by atoms with Crippen molar-refractivity contribution in [3.05, 3.63) is 71.4 Å². The predicted molar refractivity (Wildman–Crippen MR) is 159 cm³/mol. The molecule has 44 heavy (non-hydrogen) atoms. The predicted octanol–water partition coefficient (Wildman–Crippen LogP) is 1.40. The van der Waals surface area contributed by atoms with E-state index in [1.807, 2.05) is 30.5 Å². The molecule has 8 atom stereocenters. The second-order valence-corrected chi connectivity index (χ2v) is 13.0. The van der Waals surface area contributed by atoms with Crippen LogP contribution in [0.5, 0.6) is 0 Å². The summed E-state index contributed by atoms with van der Waals surface area (Å²) in [5.41, 5.74) is 1.65. The standard InChI is InChI=1S/C33H37N5O6/c1-32(35-29(40)20-14-22-21-9-6-10-23-28(21)19(16-34-23)15-24(22)36(2)17-20)31(42)38-25(13-18-7-4-3-5-8-18)30(41)37-26(11-12-27(37)39)33(38,43)44-32/h3-10,16,20,22,24-27,34,39,43H,11-15,17H2,1-2H3,(H,35,40)/t20-,22?,24-,25+,26+,27?,32-,33+/m1/s1/i2+1D3. The minimum atomic E-state index is -2.47. The van der Waals surface area contributed by atoms with Gasteiger partial charge in [-0.25, -0.2) is 0 Å². The molecule has 2 aromatic carbocycles. The average molecular weight is 604 g/mol. The molecule has 0 bridgehead atoms. The monoisotopic (exact) mass is 603 g/mol. The van der Waals surface area contributed by atoms with E-state index in [0.29, 0.717) is 12.8 Å². The van der Waals surface area contributed by atoms with E-state index < -0.39 is 60.6 Å². The summed E-state index contributed by atoms with van der Waals surface area (Å²) in [5, 5.41) is 26.6. The van der Waals surface area contributed by atoms with Crippen LogP contribution < -0.4 is 5.32 Å². The highest BCUT2D eigenvalue weighted by molar-refractivity contribution is 5.97. The molecule has 3 aromatic rings. The van der Waals surface area contributed by atoms with E-state index in [4.69, 9.17) is 8.85 Å². The minimum absolute atomic E-state index is 0.0585. The summed E-state index contributed by atoms with van der Waals surface area (Å²) < 4.78 is 31.2. The zero-order chi connectivity index (χ0) is 33.0. The van der Waals surface area contributed by atoms with Crippen LogP contribution in [0.25, 0.3) is 10.9 Å². The smallest absolute Gasteiger partial charge is 0.280 e. The van der Waals surface area contributed by atoms with Gasteiger partial charge in [0, 0.05) is 46.1 Å². The van der Waals surface area contributed by atoms with E-state index in [1.165, 1.54) is 16.7 Å². The summed E-state index contributed by atoms with van der Waals surface area (Å²) in [4.78, 5) is 49.1. The third kappa shape index (κ3) is 3.86. The SMILES string of the molecule is [2H][13C]([2H])([2H])N1C[C@H](C(=O)N[C@]2(C)O[C@@]3(O)[C@@H]4CCC(O)N4C(=O)[C@H](Cc4ccccc4)N3C2=O)CC2c3cccc4[nH]cc(c34)C[C@H]21. The number of likely N-dealkylation sites (N-methyl/N-ethyl adjacent to an activating group) is 1. The fourth-order valence-corrected chi connectivity index (χ4v) is 8.43. The zero-order valence-electron chi connectivity index (χ0n) is 27.3. The van der Waals surface area contributed by atoms with Crippen molar-refractivity contribution < 1.29 is 33.4 Å². The van der Waals surface area contributed by atoms with Crippen LogP contribution in [0.3, 0.4) is 0 Å². The molecule has 1 aliphatic carbocycles. The van der Waals surface area contributed by atoms with E-state index in [1.54, 1.807) is 24.3 Å². The molecular weight excluding hydrogens is 563 g/mol. The molecule has 0 saturated carbocycles. The van der Waals surface area contributed by atoms with Crippen molar-refractivity contribution in [3.8, 4) is 0 Å². The van der Waals surface area contributed by atoms with Gasteiger partial charge in [0.1, 0.15) is 18.3 Å². The Hall–Kier alpha value is -3.77. The normalized spacial score (nSPS) is 37.7. The number of rotatable bonds is 4. The number of nitrogens with zero attached hydrogens (tertiary/aromatic N) is 3. The lowest BCUT2D eigenvalue weighted by atomic mass is 9.72. The van der Waals surface area contributed by atoms with Gasteiger partial charge in [-0.2, -0.15) is 0 Å². The van der Waals surface area contributed by atoms with Crippen LogP contribution in [0, 0.1) is 5.92 Å². The number of H-pyrrole nitrogens is 1. The number of amides is 3. The van der Waals surface area contributed by atoms with Gasteiger partial charge in [-0.1, -0.05) is 42.5 Å². The number of aromatic amines is 1. The Labute approximate surface area is 259 Å². The van der Waals surface area contributed by atoms with Gasteiger partial charge in [-0.3, -0.25) is 24.0 Å². The number of carbonyl (C=O) groups is 3. The molecule has 230 valence electrons. The van der Waals surface area contributed by atoms with Crippen LogP contribution in [-0.2, 0) is 32.0 Å². The van der Waals surface area contributed by atoms with Gasteiger partial charge in [0.05, 0.1) is 5.92 Å². The number of carbonyl (C=O) groups excluding carboxylic acids is 3. The number of hydrogen-bond donors (Lipinski definition) is 4. The Kier molecular flexibility index (Phi) is 5.36. The number of aliphatic hydroxyl groups excluding tert-OH is 1. The molecule has 2 unspecified atom stereocenters. The molecule has 5 aliphatic rings. The average Bonchev–Trinajstić information content (AvgIpc) is 3.69. The first-order valence-corrected chi connectivity index (χ1v) is 15.3. The number of hydrogen-bond acceptors (Lipinski definition) is 7. The summed E-state index contributed by atoms with van der Waals surface area (Å²) >= 11 is 0. The molecule has 4 aliphatic heterocycles. The van der Waals surface area contributed by atoms with Crippen LogP contribution in [0.4, 0.5) is 0 Å². The highest BCUT2D eigenvalue weighted by Crippen LogP contribution is 2.48. The summed E-state index contributed by atoms with van der Waals surface area (Å²) in [6.07, 6.45) is 2.07. The van der Waals surface area contributed by atoms with E-state index >= 15 is 0 Å². The van der Waals surface area contributed by atoms with E-state index in [-0.39, 0.29) is 37.8 Å². The van der Waals surface area contributed by atoms with Gasteiger partial charge in [0.15, 0.2) is 0 Å². The van der Waals surface area contributed by atoms with Crippen LogP contribution >= 0.6 is 0 Å². The van der Waals surface area contributed by atoms with Crippen molar-refractivity contribution in [1.29, 1.82) is 0 Å². The summed E-state index contributed by atoms with van der Waals surface area (Å²) in [6.45, 7) is -1.18. The first kappa shape index (κ1) is 24.5. The third-order valence-corrected chi connectivity index (χ3v) is 10.4. The number of piperidine rings is 1. The lowest BCUT2D eigenvalue weighted by Crippen LogP contribution is -2.72. The molecule has 5 heterocycles. The van der Waals surface area contributed by atoms with Crippen molar-refractivity contribution in [2.75, 3.05) is 13.5 Å². The van der Waals surface area contributed by atoms with Crippen molar-refractivity contribution in [1.82, 2.24) is 25.0 Å². The van der Waals surface area contributed by atoms with Crippen molar-refractivity contribution in [3.63, 3.8) is 0 Å². The van der Waals surface area contributed by atoms with Gasteiger partial charge >= 0.3 is 0 Å². The largest absolute Gasteiger partial charge is 0.374 e. The number of benzene rings is 2. The first-order chi connectivity index (χ1) is 22.3. The molecule has 8 rings (SSSR count). The molecule has 0 spiro atoms. The second kappa shape index (κ2) is 9.61. The van der Waals surface area contributed by atoms with E-state index in [0.717, 1.165) is 32.5 Å². The maximum atomic E-state index is 14.3. The molecule has 11 heteroatoms. The quantitative estimate of drug-likeness (QED) is 0.331. The van der Waals surface area contributed by atoms with Gasteiger partial charge in [0.25, 0.3) is 11.8 Å². The maximum absolute atomic E-state index is 14.3.